The summed E-state index contributed by atoms with van der Waals surface area (Å²) < 4.78 is 5.45. The summed E-state index contributed by atoms with van der Waals surface area (Å²) in [7, 11) is 0. The van der Waals surface area contributed by atoms with Crippen molar-refractivity contribution < 1.29 is 14.1 Å². The lowest BCUT2D eigenvalue weighted by atomic mass is 10.2. The Hall–Kier alpha value is -3.00. The molecule has 7 nitrogen and oxygen atoms in total. The van der Waals surface area contributed by atoms with Crippen LogP contribution in [0.5, 0.6) is 0 Å². The standard InChI is InChI=1S/C16H11N3O4S/c20-15(12-6-8-13(9-7-12)19(21)22)24-16-18-17-14(23-16)10-11-4-2-1-3-5-11/h1-9H,10H2. The van der Waals surface area contributed by atoms with E-state index in [0.29, 0.717) is 17.9 Å². The molecule has 2 aromatic carbocycles. The number of non-ortho nitro benzene ring substituents is 1. The first-order valence-corrected chi connectivity index (χ1v) is 7.76. The van der Waals surface area contributed by atoms with E-state index in [9.17, 15) is 14.9 Å². The van der Waals surface area contributed by atoms with Crippen molar-refractivity contribution in [2.45, 2.75) is 11.6 Å². The van der Waals surface area contributed by atoms with Gasteiger partial charge in [-0.1, -0.05) is 30.3 Å². The van der Waals surface area contributed by atoms with E-state index in [2.05, 4.69) is 10.2 Å². The smallest absolute Gasteiger partial charge is 0.284 e. The van der Waals surface area contributed by atoms with Crippen LogP contribution in [0.3, 0.4) is 0 Å². The van der Waals surface area contributed by atoms with Gasteiger partial charge in [-0.25, -0.2) is 0 Å². The van der Waals surface area contributed by atoms with Gasteiger partial charge in [0.2, 0.25) is 11.0 Å². The second-order valence-electron chi connectivity index (χ2n) is 4.82. The number of nitro benzene ring substituents is 1. The summed E-state index contributed by atoms with van der Waals surface area (Å²) >= 11 is 0.793. The Balaban J connectivity index is 1.65. The predicted molar refractivity (Wildman–Crippen MR) is 86.8 cm³/mol. The zero-order valence-electron chi connectivity index (χ0n) is 12.3. The molecular weight excluding hydrogens is 330 g/mol. The molecule has 0 radical (unpaired) electrons. The van der Waals surface area contributed by atoms with Crippen molar-refractivity contribution in [1.29, 1.82) is 0 Å². The number of nitro groups is 1. The monoisotopic (exact) mass is 341 g/mol. The van der Waals surface area contributed by atoms with Gasteiger partial charge in [-0.15, -0.1) is 10.2 Å². The minimum Gasteiger partial charge on any atom is -0.415 e. The number of hydrogen-bond donors (Lipinski definition) is 0. The molecule has 0 spiro atoms. The van der Waals surface area contributed by atoms with Gasteiger partial charge in [-0.05, 0) is 17.7 Å². The van der Waals surface area contributed by atoms with Crippen LogP contribution in [-0.2, 0) is 6.42 Å². The second kappa shape index (κ2) is 7.05. The van der Waals surface area contributed by atoms with E-state index in [0.717, 1.165) is 17.3 Å². The van der Waals surface area contributed by atoms with Crippen molar-refractivity contribution >= 4 is 22.6 Å². The Morgan fingerprint density at radius 3 is 2.46 bits per heavy atom. The quantitative estimate of drug-likeness (QED) is 0.398. The van der Waals surface area contributed by atoms with Gasteiger partial charge in [0, 0.05) is 29.5 Å². The van der Waals surface area contributed by atoms with Crippen LogP contribution >= 0.6 is 11.8 Å². The van der Waals surface area contributed by atoms with Crippen molar-refractivity contribution in [1.82, 2.24) is 10.2 Å². The van der Waals surface area contributed by atoms with Gasteiger partial charge >= 0.3 is 0 Å². The molecule has 0 amide bonds. The van der Waals surface area contributed by atoms with Crippen LogP contribution in [0.25, 0.3) is 0 Å². The summed E-state index contributed by atoms with van der Waals surface area (Å²) in [6.07, 6.45) is 0.486. The van der Waals surface area contributed by atoms with Crippen LogP contribution in [0, 0.1) is 10.1 Å². The predicted octanol–water partition coefficient (Wildman–Crippen LogP) is 3.50. The van der Waals surface area contributed by atoms with E-state index in [1.807, 2.05) is 30.3 Å². The highest BCUT2D eigenvalue weighted by Gasteiger charge is 2.15. The third-order valence-corrected chi connectivity index (χ3v) is 3.90. The van der Waals surface area contributed by atoms with Crippen LogP contribution in [-0.4, -0.2) is 20.2 Å². The molecule has 24 heavy (non-hydrogen) atoms. The Labute approximate surface area is 140 Å². The first-order valence-electron chi connectivity index (χ1n) is 6.95. The molecule has 8 heteroatoms. The maximum Gasteiger partial charge on any atom is 0.284 e. The van der Waals surface area contributed by atoms with Gasteiger partial charge in [0.05, 0.1) is 11.3 Å². The summed E-state index contributed by atoms with van der Waals surface area (Å²) in [6, 6.07) is 15.0. The Morgan fingerprint density at radius 1 is 1.08 bits per heavy atom. The first-order chi connectivity index (χ1) is 11.6. The fourth-order valence-corrected chi connectivity index (χ4v) is 2.61. The molecule has 0 aliphatic rings. The maximum atomic E-state index is 12.1. The zero-order chi connectivity index (χ0) is 16.9. The van der Waals surface area contributed by atoms with Crippen LogP contribution in [0.2, 0.25) is 0 Å². The van der Waals surface area contributed by atoms with Crippen LogP contribution in [0.1, 0.15) is 21.8 Å². The number of hydrogen-bond acceptors (Lipinski definition) is 7. The van der Waals surface area contributed by atoms with Crippen LogP contribution in [0.15, 0.2) is 64.2 Å². The van der Waals surface area contributed by atoms with Gasteiger partial charge in [0.25, 0.3) is 10.9 Å². The van der Waals surface area contributed by atoms with E-state index >= 15 is 0 Å². The van der Waals surface area contributed by atoms with Crippen molar-refractivity contribution in [2.75, 3.05) is 0 Å². The third-order valence-electron chi connectivity index (χ3n) is 3.14. The number of nitrogens with zero attached hydrogens (tertiary/aromatic N) is 3. The van der Waals surface area contributed by atoms with Gasteiger partial charge in [0.15, 0.2) is 0 Å². The molecule has 3 rings (SSSR count). The van der Waals surface area contributed by atoms with E-state index in [1.54, 1.807) is 0 Å². The van der Waals surface area contributed by atoms with Crippen LogP contribution < -0.4 is 0 Å². The molecule has 0 saturated carbocycles. The largest absolute Gasteiger partial charge is 0.415 e. The lowest BCUT2D eigenvalue weighted by Gasteiger charge is -1.97. The van der Waals surface area contributed by atoms with Crippen molar-refractivity contribution in [3.63, 3.8) is 0 Å². The van der Waals surface area contributed by atoms with Crippen molar-refractivity contribution in [3.8, 4) is 0 Å². The number of benzene rings is 2. The van der Waals surface area contributed by atoms with Crippen molar-refractivity contribution in [3.05, 3.63) is 81.7 Å². The third kappa shape index (κ3) is 3.85. The maximum absolute atomic E-state index is 12.1. The highest BCUT2D eigenvalue weighted by atomic mass is 32.2. The SMILES string of the molecule is O=C(Sc1nnc(Cc2ccccc2)o1)c1ccc([N+](=O)[O-])cc1. The van der Waals surface area contributed by atoms with Gasteiger partial charge in [-0.2, -0.15) is 0 Å². The fourth-order valence-electron chi connectivity index (χ4n) is 1.98. The minimum atomic E-state index is -0.519. The van der Waals surface area contributed by atoms with Gasteiger partial charge < -0.3 is 4.42 Å². The summed E-state index contributed by atoms with van der Waals surface area (Å²) in [5, 5.41) is 18.2. The van der Waals surface area contributed by atoms with Gasteiger partial charge in [-0.3, -0.25) is 14.9 Å². The number of carbonyl (C=O) groups excluding carboxylic acids is 1. The number of aromatic nitrogens is 2. The molecule has 3 aromatic rings. The zero-order valence-corrected chi connectivity index (χ0v) is 13.1. The molecule has 0 atom stereocenters. The van der Waals surface area contributed by atoms with Crippen LogP contribution in [0.4, 0.5) is 5.69 Å². The van der Waals surface area contributed by atoms with E-state index in [4.69, 9.17) is 4.42 Å². The Kier molecular flexibility index (Phi) is 4.66. The topological polar surface area (TPSA) is 99.1 Å². The van der Waals surface area contributed by atoms with E-state index in [1.165, 1.54) is 24.3 Å². The summed E-state index contributed by atoms with van der Waals surface area (Å²) in [4.78, 5) is 22.2. The lowest BCUT2D eigenvalue weighted by Crippen LogP contribution is -1.94. The van der Waals surface area contributed by atoms with E-state index in [-0.39, 0.29) is 16.0 Å². The normalized spacial score (nSPS) is 10.5. The Morgan fingerprint density at radius 2 is 1.79 bits per heavy atom. The molecule has 120 valence electrons. The molecule has 1 aromatic heterocycles. The number of rotatable bonds is 5. The highest BCUT2D eigenvalue weighted by Crippen LogP contribution is 2.23. The molecule has 0 bridgehead atoms. The number of thioether (sulfide) groups is 1. The summed E-state index contributed by atoms with van der Waals surface area (Å²) in [5.74, 6) is 0.417. The number of carbonyl (C=O) groups is 1. The first kappa shape index (κ1) is 15.9. The second-order valence-corrected chi connectivity index (χ2v) is 5.74. The lowest BCUT2D eigenvalue weighted by molar-refractivity contribution is -0.384. The average molecular weight is 341 g/mol. The summed E-state index contributed by atoms with van der Waals surface area (Å²) in [6.45, 7) is 0. The molecule has 0 N–H and O–H groups in total. The highest BCUT2D eigenvalue weighted by molar-refractivity contribution is 8.14. The Bertz CT molecular complexity index is 863. The molecule has 0 saturated heterocycles. The van der Waals surface area contributed by atoms with Crippen molar-refractivity contribution in [2.24, 2.45) is 0 Å². The van der Waals surface area contributed by atoms with Gasteiger partial charge in [0.1, 0.15) is 0 Å². The summed E-state index contributed by atoms with van der Waals surface area (Å²) in [5.41, 5.74) is 1.28. The molecular formula is C16H11N3O4S. The molecule has 0 aliphatic carbocycles. The molecule has 0 aliphatic heterocycles. The minimum absolute atomic E-state index is 0.0699. The average Bonchev–Trinajstić information content (AvgIpc) is 3.02. The molecule has 1 heterocycles. The van der Waals surface area contributed by atoms with E-state index < -0.39 is 4.92 Å². The fraction of sp³-hybridized carbons (Fsp3) is 0.0625. The molecule has 0 fully saturated rings. The molecule has 0 unspecified atom stereocenters.